The minimum atomic E-state index is -3.31. The van der Waals surface area contributed by atoms with E-state index in [1.165, 1.54) is 16.4 Å². The lowest BCUT2D eigenvalue weighted by molar-refractivity contribution is -0.00243. The summed E-state index contributed by atoms with van der Waals surface area (Å²) in [6.45, 7) is 0.626. The van der Waals surface area contributed by atoms with E-state index < -0.39 is 21.9 Å². The van der Waals surface area contributed by atoms with Crippen LogP contribution in [0.15, 0.2) is 12.1 Å². The molecule has 0 spiro atoms. The molecule has 0 radical (unpaired) electrons. The van der Waals surface area contributed by atoms with Gasteiger partial charge in [0, 0.05) is 23.7 Å². The summed E-state index contributed by atoms with van der Waals surface area (Å²) < 4.78 is 43.2. The Morgan fingerprint density at radius 1 is 1.37 bits per heavy atom. The molecule has 1 atom stereocenters. The van der Waals surface area contributed by atoms with Gasteiger partial charge >= 0.3 is 0 Å². The van der Waals surface area contributed by atoms with Crippen LogP contribution in [0.1, 0.15) is 11.7 Å². The first kappa shape index (κ1) is 15.0. The van der Waals surface area contributed by atoms with E-state index in [-0.39, 0.29) is 29.7 Å². The lowest BCUT2D eigenvalue weighted by atomic mass is 10.1. The Morgan fingerprint density at radius 3 is 2.68 bits per heavy atom. The lowest BCUT2D eigenvalue weighted by Gasteiger charge is -2.31. The van der Waals surface area contributed by atoms with Crippen molar-refractivity contribution in [3.63, 3.8) is 0 Å². The van der Waals surface area contributed by atoms with Gasteiger partial charge < -0.3 is 4.74 Å². The van der Waals surface area contributed by atoms with Crippen LogP contribution in [-0.2, 0) is 14.8 Å². The van der Waals surface area contributed by atoms with Crippen LogP contribution in [0.4, 0.5) is 4.39 Å². The number of morpholine rings is 1. The Morgan fingerprint density at radius 2 is 2.05 bits per heavy atom. The highest BCUT2D eigenvalue weighted by Gasteiger charge is 2.29. The second-order valence-corrected chi connectivity index (χ2v) is 7.07. The van der Waals surface area contributed by atoms with Crippen molar-refractivity contribution in [2.75, 3.05) is 26.0 Å². The van der Waals surface area contributed by atoms with E-state index in [9.17, 15) is 12.8 Å². The zero-order valence-corrected chi connectivity index (χ0v) is 12.4. The normalized spacial score (nSPS) is 21.6. The number of hydrogen-bond donors (Lipinski definition) is 0. The quantitative estimate of drug-likeness (QED) is 0.784. The zero-order chi connectivity index (χ0) is 14.2. The van der Waals surface area contributed by atoms with Crippen molar-refractivity contribution < 1.29 is 17.5 Å². The van der Waals surface area contributed by atoms with Crippen LogP contribution in [-0.4, -0.2) is 38.7 Å². The maximum Gasteiger partial charge on any atom is 0.211 e. The molecule has 0 N–H and O–H groups in total. The molecule has 1 aromatic carbocycles. The topological polar surface area (TPSA) is 46.6 Å². The van der Waals surface area contributed by atoms with E-state index >= 15 is 0 Å². The fourth-order valence-corrected chi connectivity index (χ4v) is 3.22. The third kappa shape index (κ3) is 3.38. The summed E-state index contributed by atoms with van der Waals surface area (Å²) in [5.74, 6) is -0.610. The summed E-state index contributed by atoms with van der Waals surface area (Å²) in [6.07, 6.45) is 0.530. The molecule has 0 aromatic heterocycles. The summed E-state index contributed by atoms with van der Waals surface area (Å²) >= 11 is 11.6. The molecule has 106 valence electrons. The Hall–Kier alpha value is -0.400. The fourth-order valence-electron chi connectivity index (χ4n) is 1.90. The molecule has 8 heteroatoms. The number of nitrogens with zero attached hydrogens (tertiary/aromatic N) is 1. The summed E-state index contributed by atoms with van der Waals surface area (Å²) in [7, 11) is -3.31. The van der Waals surface area contributed by atoms with Gasteiger partial charge in [-0.15, -0.1) is 0 Å². The fraction of sp³-hybridized carbons (Fsp3) is 0.455. The van der Waals surface area contributed by atoms with Crippen LogP contribution < -0.4 is 0 Å². The van der Waals surface area contributed by atoms with Gasteiger partial charge in [0.15, 0.2) is 0 Å². The molecule has 1 heterocycles. The molecule has 2 rings (SSSR count). The number of benzene rings is 1. The summed E-state index contributed by atoms with van der Waals surface area (Å²) in [5.41, 5.74) is 0.400. The number of rotatable bonds is 2. The van der Waals surface area contributed by atoms with Gasteiger partial charge in [0.2, 0.25) is 10.0 Å². The standard InChI is InChI=1S/C11H12Cl2FNO3S/c1-19(16,17)15-2-3-18-11(6-15)7-4-10(14)9(13)5-8(7)12/h4-5,11H,2-3,6H2,1H3/t11-/m1/s1. The summed E-state index contributed by atoms with van der Waals surface area (Å²) in [5, 5.41) is 0.177. The summed E-state index contributed by atoms with van der Waals surface area (Å²) in [6, 6.07) is 2.47. The summed E-state index contributed by atoms with van der Waals surface area (Å²) in [4.78, 5) is 0. The number of ether oxygens (including phenoxy) is 1. The highest BCUT2D eigenvalue weighted by atomic mass is 35.5. The Bertz CT molecular complexity index is 594. The van der Waals surface area contributed by atoms with Gasteiger partial charge in [0.05, 0.1) is 24.0 Å². The van der Waals surface area contributed by atoms with Gasteiger partial charge in [-0.05, 0) is 12.1 Å². The molecule has 0 saturated carbocycles. The molecule has 1 aliphatic rings. The first-order valence-corrected chi connectivity index (χ1v) is 8.10. The molecule has 19 heavy (non-hydrogen) atoms. The van der Waals surface area contributed by atoms with E-state index in [1.54, 1.807) is 0 Å². The second-order valence-electron chi connectivity index (χ2n) is 4.27. The van der Waals surface area contributed by atoms with Gasteiger partial charge in [-0.25, -0.2) is 12.8 Å². The van der Waals surface area contributed by atoms with Crippen LogP contribution in [0.5, 0.6) is 0 Å². The van der Waals surface area contributed by atoms with Crippen molar-refractivity contribution in [1.29, 1.82) is 0 Å². The molecule has 1 aromatic rings. The maximum absolute atomic E-state index is 13.5. The molecule has 0 unspecified atom stereocenters. The Labute approximate surface area is 121 Å². The van der Waals surface area contributed by atoms with Crippen molar-refractivity contribution in [3.8, 4) is 0 Å². The van der Waals surface area contributed by atoms with Crippen LogP contribution in [0, 0.1) is 5.82 Å². The largest absolute Gasteiger partial charge is 0.371 e. The second kappa shape index (κ2) is 5.54. The Balaban J connectivity index is 2.30. The van der Waals surface area contributed by atoms with Gasteiger partial charge in [-0.3, -0.25) is 0 Å². The molecule has 1 aliphatic heterocycles. The minimum Gasteiger partial charge on any atom is -0.371 e. The molecule has 0 aliphatic carbocycles. The molecule has 4 nitrogen and oxygen atoms in total. The van der Waals surface area contributed by atoms with Crippen molar-refractivity contribution in [1.82, 2.24) is 4.31 Å². The van der Waals surface area contributed by atoms with Crippen molar-refractivity contribution in [2.45, 2.75) is 6.10 Å². The van der Waals surface area contributed by atoms with Crippen molar-refractivity contribution in [3.05, 3.63) is 33.6 Å². The molecule has 1 saturated heterocycles. The zero-order valence-electron chi connectivity index (χ0n) is 10.1. The van der Waals surface area contributed by atoms with E-state index in [2.05, 4.69) is 0 Å². The van der Waals surface area contributed by atoms with Crippen LogP contribution in [0.3, 0.4) is 0 Å². The smallest absolute Gasteiger partial charge is 0.211 e. The monoisotopic (exact) mass is 327 g/mol. The number of hydrogen-bond acceptors (Lipinski definition) is 3. The first-order valence-electron chi connectivity index (χ1n) is 5.50. The molecule has 0 bridgehead atoms. The van der Waals surface area contributed by atoms with Crippen molar-refractivity contribution >= 4 is 33.2 Å². The van der Waals surface area contributed by atoms with E-state index in [4.69, 9.17) is 27.9 Å². The van der Waals surface area contributed by atoms with Crippen molar-refractivity contribution in [2.24, 2.45) is 0 Å². The number of sulfonamides is 1. The van der Waals surface area contributed by atoms with E-state index in [0.717, 1.165) is 6.26 Å². The van der Waals surface area contributed by atoms with Crippen LogP contribution in [0.2, 0.25) is 10.0 Å². The van der Waals surface area contributed by atoms with Gasteiger partial charge in [-0.1, -0.05) is 23.2 Å². The van der Waals surface area contributed by atoms with Crippen LogP contribution >= 0.6 is 23.2 Å². The van der Waals surface area contributed by atoms with E-state index in [0.29, 0.717) is 5.56 Å². The third-order valence-corrected chi connectivity index (χ3v) is 4.77. The van der Waals surface area contributed by atoms with Crippen LogP contribution in [0.25, 0.3) is 0 Å². The molecule has 1 fully saturated rings. The first-order chi connectivity index (χ1) is 8.79. The molecular weight excluding hydrogens is 316 g/mol. The van der Waals surface area contributed by atoms with Gasteiger partial charge in [0.1, 0.15) is 5.82 Å². The number of halogens is 3. The third-order valence-electron chi connectivity index (χ3n) is 2.88. The predicted octanol–water partition coefficient (Wildman–Crippen LogP) is 2.47. The lowest BCUT2D eigenvalue weighted by Crippen LogP contribution is -2.41. The minimum absolute atomic E-state index is 0.0791. The SMILES string of the molecule is CS(=O)(=O)N1CCO[C@@H](c2cc(F)c(Cl)cc2Cl)C1. The molecule has 0 amide bonds. The Kier molecular flexibility index (Phi) is 4.37. The molecular formula is C11H12Cl2FNO3S. The van der Waals surface area contributed by atoms with Gasteiger partial charge in [0.25, 0.3) is 0 Å². The van der Waals surface area contributed by atoms with Gasteiger partial charge in [-0.2, -0.15) is 4.31 Å². The average Bonchev–Trinajstić information content (AvgIpc) is 2.33. The highest BCUT2D eigenvalue weighted by molar-refractivity contribution is 7.88. The van der Waals surface area contributed by atoms with E-state index in [1.807, 2.05) is 0 Å². The average molecular weight is 328 g/mol. The maximum atomic E-state index is 13.5. The predicted molar refractivity (Wildman–Crippen MR) is 71.5 cm³/mol. The highest BCUT2D eigenvalue weighted by Crippen LogP contribution is 2.32.